The predicted molar refractivity (Wildman–Crippen MR) is 89.9 cm³/mol. The monoisotopic (exact) mass is 347 g/mol. The summed E-state index contributed by atoms with van der Waals surface area (Å²) in [6, 6.07) is 6.61. The van der Waals surface area contributed by atoms with Crippen molar-refractivity contribution < 1.29 is 0 Å². The third kappa shape index (κ3) is 3.22. The van der Waals surface area contributed by atoms with Gasteiger partial charge < -0.3 is 9.88 Å². The molecule has 0 radical (unpaired) electrons. The van der Waals surface area contributed by atoms with Gasteiger partial charge >= 0.3 is 0 Å². The molecule has 4 heteroatoms. The lowest BCUT2D eigenvalue weighted by Gasteiger charge is -2.15. The second kappa shape index (κ2) is 6.75. The van der Waals surface area contributed by atoms with Crippen molar-refractivity contribution >= 4 is 15.9 Å². The van der Waals surface area contributed by atoms with Crippen LogP contribution in [0, 0.1) is 0 Å². The number of fused-ring (bicyclic) bond motifs is 1. The maximum Gasteiger partial charge on any atom is 0.0997 e. The first-order valence-corrected chi connectivity index (χ1v) is 8.63. The molecule has 2 aromatic rings. The van der Waals surface area contributed by atoms with Crippen LogP contribution in [0.3, 0.4) is 0 Å². The SMILES string of the molecule is CCCNCc1ccc(-n2cnc3c2CCCC3)cc1Br. The smallest absolute Gasteiger partial charge is 0.0997 e. The molecule has 1 heterocycles. The standard InChI is InChI=1S/C17H22BrN3/c1-2-9-19-11-13-7-8-14(10-15(13)18)21-12-20-16-5-3-4-6-17(16)21/h7-8,10,12,19H,2-6,9,11H2,1H3. The summed E-state index contributed by atoms with van der Waals surface area (Å²) in [4.78, 5) is 4.58. The normalized spacial score (nSPS) is 14.2. The Kier molecular flexibility index (Phi) is 4.76. The summed E-state index contributed by atoms with van der Waals surface area (Å²) < 4.78 is 3.42. The summed E-state index contributed by atoms with van der Waals surface area (Å²) in [5, 5.41) is 3.45. The highest BCUT2D eigenvalue weighted by atomic mass is 79.9. The Balaban J connectivity index is 1.83. The van der Waals surface area contributed by atoms with Crippen LogP contribution in [-0.4, -0.2) is 16.1 Å². The molecule has 1 aromatic carbocycles. The largest absolute Gasteiger partial charge is 0.313 e. The minimum absolute atomic E-state index is 0.913. The van der Waals surface area contributed by atoms with Crippen LogP contribution in [0.2, 0.25) is 0 Å². The number of nitrogens with one attached hydrogen (secondary N) is 1. The van der Waals surface area contributed by atoms with Crippen molar-refractivity contribution in [1.29, 1.82) is 0 Å². The van der Waals surface area contributed by atoms with E-state index in [0.717, 1.165) is 32.4 Å². The Labute approximate surface area is 134 Å². The molecular weight excluding hydrogens is 326 g/mol. The highest BCUT2D eigenvalue weighted by Crippen LogP contribution is 2.26. The van der Waals surface area contributed by atoms with Crippen molar-refractivity contribution in [3.63, 3.8) is 0 Å². The number of benzene rings is 1. The number of aromatic nitrogens is 2. The van der Waals surface area contributed by atoms with Crippen LogP contribution < -0.4 is 5.32 Å². The highest BCUT2D eigenvalue weighted by molar-refractivity contribution is 9.10. The average Bonchev–Trinajstić information content (AvgIpc) is 2.93. The van der Waals surface area contributed by atoms with Crippen LogP contribution in [0.25, 0.3) is 5.69 Å². The molecule has 0 atom stereocenters. The molecule has 3 rings (SSSR count). The van der Waals surface area contributed by atoms with Crippen molar-refractivity contribution in [2.24, 2.45) is 0 Å². The predicted octanol–water partition coefficient (Wildman–Crippen LogP) is 4.01. The summed E-state index contributed by atoms with van der Waals surface area (Å²) >= 11 is 3.71. The molecule has 0 unspecified atom stereocenters. The van der Waals surface area contributed by atoms with E-state index >= 15 is 0 Å². The fourth-order valence-corrected chi connectivity index (χ4v) is 3.43. The van der Waals surface area contributed by atoms with E-state index < -0.39 is 0 Å². The third-order valence-corrected chi connectivity index (χ3v) is 4.83. The Morgan fingerprint density at radius 2 is 2.14 bits per heavy atom. The van der Waals surface area contributed by atoms with Gasteiger partial charge in [-0.15, -0.1) is 0 Å². The summed E-state index contributed by atoms with van der Waals surface area (Å²) in [6.45, 7) is 4.16. The lowest BCUT2D eigenvalue weighted by molar-refractivity contribution is 0.655. The summed E-state index contributed by atoms with van der Waals surface area (Å²) in [5.41, 5.74) is 5.19. The lowest BCUT2D eigenvalue weighted by atomic mass is 10.0. The molecule has 3 nitrogen and oxygen atoms in total. The Hall–Kier alpha value is -1.13. The van der Waals surface area contributed by atoms with Crippen molar-refractivity contribution in [1.82, 2.24) is 14.9 Å². The van der Waals surface area contributed by atoms with Crippen LogP contribution in [0.1, 0.15) is 43.1 Å². The van der Waals surface area contributed by atoms with E-state index in [-0.39, 0.29) is 0 Å². The summed E-state index contributed by atoms with van der Waals surface area (Å²) in [6.07, 6.45) is 7.97. The Morgan fingerprint density at radius 1 is 1.29 bits per heavy atom. The number of aryl methyl sites for hydroxylation is 1. The van der Waals surface area contributed by atoms with E-state index in [4.69, 9.17) is 0 Å². The second-order valence-electron chi connectivity index (χ2n) is 5.67. The zero-order chi connectivity index (χ0) is 14.7. The molecule has 1 aliphatic rings. The summed E-state index contributed by atoms with van der Waals surface area (Å²) in [5.74, 6) is 0. The minimum atomic E-state index is 0.913. The maximum atomic E-state index is 4.58. The number of hydrogen-bond acceptors (Lipinski definition) is 2. The zero-order valence-electron chi connectivity index (χ0n) is 12.5. The van der Waals surface area contributed by atoms with E-state index in [0.29, 0.717) is 0 Å². The molecule has 0 amide bonds. The van der Waals surface area contributed by atoms with Gasteiger partial charge in [0, 0.05) is 22.4 Å². The number of imidazole rings is 1. The number of nitrogens with zero attached hydrogens (tertiary/aromatic N) is 2. The first-order valence-electron chi connectivity index (χ1n) is 7.84. The Bertz CT molecular complexity index is 618. The Morgan fingerprint density at radius 3 is 2.95 bits per heavy atom. The topological polar surface area (TPSA) is 29.9 Å². The van der Waals surface area contributed by atoms with Crippen molar-refractivity contribution in [2.75, 3.05) is 6.54 Å². The minimum Gasteiger partial charge on any atom is -0.313 e. The van der Waals surface area contributed by atoms with E-state index in [1.807, 2.05) is 6.33 Å². The van der Waals surface area contributed by atoms with Gasteiger partial charge in [-0.3, -0.25) is 0 Å². The van der Waals surface area contributed by atoms with Gasteiger partial charge in [0.15, 0.2) is 0 Å². The average molecular weight is 348 g/mol. The van der Waals surface area contributed by atoms with Crippen molar-refractivity contribution in [3.8, 4) is 5.69 Å². The fourth-order valence-electron chi connectivity index (χ4n) is 2.92. The van der Waals surface area contributed by atoms with Crippen LogP contribution in [-0.2, 0) is 19.4 Å². The van der Waals surface area contributed by atoms with Crippen molar-refractivity contribution in [2.45, 2.75) is 45.6 Å². The van der Waals surface area contributed by atoms with Gasteiger partial charge in [0.1, 0.15) is 0 Å². The molecular formula is C17H22BrN3. The van der Waals surface area contributed by atoms with Crippen molar-refractivity contribution in [3.05, 3.63) is 46.0 Å². The van der Waals surface area contributed by atoms with Gasteiger partial charge in [0.2, 0.25) is 0 Å². The molecule has 0 fully saturated rings. The molecule has 0 saturated heterocycles. The molecule has 0 saturated carbocycles. The number of rotatable bonds is 5. The highest BCUT2D eigenvalue weighted by Gasteiger charge is 2.16. The van der Waals surface area contributed by atoms with Crippen LogP contribution in [0.5, 0.6) is 0 Å². The van der Waals surface area contributed by atoms with Gasteiger partial charge in [-0.25, -0.2) is 4.98 Å². The first kappa shape index (κ1) is 14.8. The first-order chi connectivity index (χ1) is 10.3. The molecule has 1 aliphatic carbocycles. The molecule has 0 aliphatic heterocycles. The second-order valence-corrected chi connectivity index (χ2v) is 6.52. The van der Waals surface area contributed by atoms with Crippen LogP contribution in [0.4, 0.5) is 0 Å². The van der Waals surface area contributed by atoms with Gasteiger partial charge in [-0.2, -0.15) is 0 Å². The van der Waals surface area contributed by atoms with Gasteiger partial charge in [0.05, 0.1) is 12.0 Å². The molecule has 1 aromatic heterocycles. The summed E-state index contributed by atoms with van der Waals surface area (Å²) in [7, 11) is 0. The number of halogens is 1. The van der Waals surface area contributed by atoms with Gasteiger partial charge in [-0.05, 0) is 56.3 Å². The van der Waals surface area contributed by atoms with E-state index in [1.54, 1.807) is 0 Å². The lowest BCUT2D eigenvalue weighted by Crippen LogP contribution is -2.14. The van der Waals surface area contributed by atoms with E-state index in [1.165, 1.54) is 40.0 Å². The molecule has 1 N–H and O–H groups in total. The van der Waals surface area contributed by atoms with Crippen LogP contribution in [0.15, 0.2) is 29.0 Å². The third-order valence-electron chi connectivity index (χ3n) is 4.09. The molecule has 0 bridgehead atoms. The quantitative estimate of drug-likeness (QED) is 0.828. The maximum absolute atomic E-state index is 4.58. The van der Waals surface area contributed by atoms with E-state index in [2.05, 4.69) is 55.9 Å². The molecule has 21 heavy (non-hydrogen) atoms. The number of hydrogen-bond donors (Lipinski definition) is 1. The van der Waals surface area contributed by atoms with Gasteiger partial charge in [-0.1, -0.05) is 28.9 Å². The fraction of sp³-hybridized carbons (Fsp3) is 0.471. The van der Waals surface area contributed by atoms with Gasteiger partial charge in [0.25, 0.3) is 0 Å². The van der Waals surface area contributed by atoms with Crippen LogP contribution >= 0.6 is 15.9 Å². The molecule has 112 valence electrons. The molecule has 0 spiro atoms. The zero-order valence-corrected chi connectivity index (χ0v) is 14.1. The van der Waals surface area contributed by atoms with E-state index in [9.17, 15) is 0 Å².